The molecule has 1 aromatic carbocycles. The van der Waals surface area contributed by atoms with Crippen LogP contribution in [0.3, 0.4) is 0 Å². The number of β-amino-alcohol motifs (C(OH)–C–C–N with tert-alkyl or cyclic N) is 1. The topological polar surface area (TPSA) is 35.9 Å². The van der Waals surface area contributed by atoms with Gasteiger partial charge in [0, 0.05) is 38.4 Å². The number of benzene rings is 1. The first kappa shape index (κ1) is 26.5. The van der Waals surface area contributed by atoms with Gasteiger partial charge in [-0.15, -0.1) is 0 Å². The quantitative estimate of drug-likeness (QED) is 0.510. The molecule has 2 fully saturated rings. The van der Waals surface area contributed by atoms with Gasteiger partial charge < -0.3 is 39.6 Å². The number of para-hydroxylation sites is 1. The van der Waals surface area contributed by atoms with Gasteiger partial charge in [0.2, 0.25) is 0 Å². The van der Waals surface area contributed by atoms with Crippen LogP contribution in [0.15, 0.2) is 30.3 Å². The number of halogens is 2. The summed E-state index contributed by atoms with van der Waals surface area (Å²) in [5.74, 6) is 2.04. The molecule has 29 heavy (non-hydrogen) atoms. The van der Waals surface area contributed by atoms with Gasteiger partial charge in [-0.05, 0) is 42.7 Å². The minimum atomic E-state index is -0.390. The van der Waals surface area contributed by atoms with Crippen LogP contribution in [-0.2, 0) is 4.74 Å². The van der Waals surface area contributed by atoms with Crippen molar-refractivity contribution in [1.29, 1.82) is 0 Å². The monoisotopic (exact) mass is 444 g/mol. The van der Waals surface area contributed by atoms with Gasteiger partial charge >= 0.3 is 0 Å². The molecule has 0 spiro atoms. The number of hydrogen-bond donors (Lipinski definition) is 1. The second kappa shape index (κ2) is 13.0. The fourth-order valence-electron chi connectivity index (χ4n) is 4.72. The lowest BCUT2D eigenvalue weighted by atomic mass is 9.75. The first-order valence-corrected chi connectivity index (χ1v) is 10.8. The number of rotatable bonds is 7. The van der Waals surface area contributed by atoms with Crippen LogP contribution >= 0.6 is 0 Å². The molecule has 1 aromatic rings. The van der Waals surface area contributed by atoms with Crippen LogP contribution < -0.4 is 29.7 Å². The fraction of sp³-hybridized carbons (Fsp3) is 0.739. The molecule has 1 saturated carbocycles. The summed E-state index contributed by atoms with van der Waals surface area (Å²) in [6.45, 7) is 12.2. The van der Waals surface area contributed by atoms with Gasteiger partial charge in [0.05, 0.1) is 18.8 Å². The number of aliphatic hydroxyl groups is 1. The number of nitrogens with zero attached hydrogens (tertiary/aromatic N) is 2. The van der Waals surface area contributed by atoms with Crippen molar-refractivity contribution in [2.24, 2.45) is 17.8 Å². The summed E-state index contributed by atoms with van der Waals surface area (Å²) in [4.78, 5) is 4.80. The molecule has 4 atom stereocenters. The lowest BCUT2D eigenvalue weighted by Gasteiger charge is -2.39. The van der Waals surface area contributed by atoms with E-state index in [0.717, 1.165) is 45.1 Å². The van der Waals surface area contributed by atoms with Gasteiger partial charge in [-0.2, -0.15) is 0 Å². The second-order valence-electron chi connectivity index (χ2n) is 8.97. The molecule has 1 N–H and O–H groups in total. The van der Waals surface area contributed by atoms with E-state index in [2.05, 4.69) is 60.9 Å². The Morgan fingerprint density at radius 1 is 1.03 bits per heavy atom. The van der Waals surface area contributed by atoms with E-state index in [-0.39, 0.29) is 24.8 Å². The first-order chi connectivity index (χ1) is 13.0. The maximum absolute atomic E-state index is 10.5. The summed E-state index contributed by atoms with van der Waals surface area (Å²) in [6.07, 6.45) is 3.65. The molecule has 4 nitrogen and oxygen atoms in total. The Bertz CT molecular complexity index is 553. The summed E-state index contributed by atoms with van der Waals surface area (Å²) >= 11 is 0. The van der Waals surface area contributed by atoms with E-state index in [1.54, 1.807) is 0 Å². The molecule has 6 heteroatoms. The van der Waals surface area contributed by atoms with Gasteiger partial charge in [0.1, 0.15) is 0 Å². The third kappa shape index (κ3) is 7.91. The lowest BCUT2D eigenvalue weighted by Crippen LogP contribution is -3.00. The Morgan fingerprint density at radius 3 is 2.31 bits per heavy atom. The zero-order chi connectivity index (χ0) is 19.2. The average Bonchev–Trinajstić information content (AvgIpc) is 2.67. The number of anilines is 1. The number of piperazine rings is 1. The summed E-state index contributed by atoms with van der Waals surface area (Å²) in [5.41, 5.74) is 1.30. The Labute approximate surface area is 189 Å². The molecule has 3 rings (SSSR count). The van der Waals surface area contributed by atoms with Crippen molar-refractivity contribution in [2.45, 2.75) is 52.2 Å². The van der Waals surface area contributed by atoms with E-state index in [4.69, 9.17) is 4.74 Å². The molecule has 0 radical (unpaired) electrons. The summed E-state index contributed by atoms with van der Waals surface area (Å²) in [7, 11) is 0. The van der Waals surface area contributed by atoms with Crippen molar-refractivity contribution < 1.29 is 34.7 Å². The van der Waals surface area contributed by atoms with E-state index in [0.29, 0.717) is 24.5 Å². The number of ether oxygens (including phenoxy) is 1. The first-order valence-electron chi connectivity index (χ1n) is 10.8. The maximum atomic E-state index is 10.5. The Kier molecular flexibility index (Phi) is 11.9. The molecule has 1 heterocycles. The van der Waals surface area contributed by atoms with Crippen LogP contribution in [0.5, 0.6) is 0 Å². The van der Waals surface area contributed by atoms with E-state index in [1.807, 2.05) is 0 Å². The number of hydrogen-bond acceptors (Lipinski definition) is 4. The van der Waals surface area contributed by atoms with Gasteiger partial charge in [-0.3, -0.25) is 4.90 Å². The van der Waals surface area contributed by atoms with Crippen molar-refractivity contribution >= 4 is 5.69 Å². The highest BCUT2D eigenvalue weighted by atomic mass is 35.5. The van der Waals surface area contributed by atoms with Crippen molar-refractivity contribution in [2.75, 3.05) is 44.2 Å². The molecule has 1 aliphatic heterocycles. The van der Waals surface area contributed by atoms with Crippen molar-refractivity contribution in [3.05, 3.63) is 30.3 Å². The molecular formula is C23H38Cl2N2O2-2. The van der Waals surface area contributed by atoms with Crippen LogP contribution in [0.4, 0.5) is 5.69 Å². The van der Waals surface area contributed by atoms with E-state index >= 15 is 0 Å². The minimum Gasteiger partial charge on any atom is -1.00 e. The standard InChI is InChI=1S/C23H38N2O2.2ClH/c1-18(2)22-10-9-19(3)15-23(22)27-17-21(26)16-24-11-13-25(14-12-24)20-7-5-4-6-8-20;;/h4-8,18-19,21-23,26H,9-17H2,1-3H3;2*1H/p-2. The largest absolute Gasteiger partial charge is 1.00 e. The van der Waals surface area contributed by atoms with Gasteiger partial charge in [0.25, 0.3) is 0 Å². The van der Waals surface area contributed by atoms with Gasteiger partial charge in [0.15, 0.2) is 0 Å². The maximum Gasteiger partial charge on any atom is 0.0900 e. The van der Waals surface area contributed by atoms with E-state index in [1.165, 1.54) is 18.5 Å². The van der Waals surface area contributed by atoms with E-state index in [9.17, 15) is 5.11 Å². The minimum absolute atomic E-state index is 0. The Hall–Kier alpha value is -0.520. The third-order valence-corrected chi connectivity index (χ3v) is 6.43. The van der Waals surface area contributed by atoms with Crippen LogP contribution in [0.25, 0.3) is 0 Å². The molecule has 0 bridgehead atoms. The van der Waals surface area contributed by atoms with E-state index < -0.39 is 6.10 Å². The molecule has 0 amide bonds. The van der Waals surface area contributed by atoms with Crippen LogP contribution in [0.1, 0.15) is 40.0 Å². The predicted octanol–water partition coefficient (Wildman–Crippen LogP) is -2.35. The predicted molar refractivity (Wildman–Crippen MR) is 112 cm³/mol. The zero-order valence-corrected chi connectivity index (χ0v) is 19.7. The van der Waals surface area contributed by atoms with Gasteiger partial charge in [-0.25, -0.2) is 0 Å². The second-order valence-corrected chi connectivity index (χ2v) is 8.97. The molecule has 4 unspecified atom stereocenters. The van der Waals surface area contributed by atoms with Gasteiger partial charge in [-0.1, -0.05) is 45.4 Å². The molecular weight excluding hydrogens is 407 g/mol. The van der Waals surface area contributed by atoms with Crippen molar-refractivity contribution in [3.63, 3.8) is 0 Å². The molecule has 0 aromatic heterocycles. The molecule has 168 valence electrons. The highest BCUT2D eigenvalue weighted by molar-refractivity contribution is 5.46. The molecule has 1 saturated heterocycles. The SMILES string of the molecule is CC1CCC(C(C)C)C(OCC(O)CN2CCN(c3ccccc3)CC2)C1.[Cl-].[Cl-]. The Morgan fingerprint density at radius 2 is 1.69 bits per heavy atom. The van der Waals surface area contributed by atoms with Crippen LogP contribution in [0.2, 0.25) is 0 Å². The highest BCUT2D eigenvalue weighted by Gasteiger charge is 2.32. The smallest absolute Gasteiger partial charge is 0.0900 e. The van der Waals surface area contributed by atoms with Crippen molar-refractivity contribution in [3.8, 4) is 0 Å². The summed E-state index contributed by atoms with van der Waals surface area (Å²) in [6, 6.07) is 10.6. The fourth-order valence-corrected chi connectivity index (χ4v) is 4.72. The summed E-state index contributed by atoms with van der Waals surface area (Å²) in [5, 5.41) is 10.5. The summed E-state index contributed by atoms with van der Waals surface area (Å²) < 4.78 is 6.23. The molecule has 1 aliphatic carbocycles. The average molecular weight is 445 g/mol. The zero-order valence-electron chi connectivity index (χ0n) is 18.1. The third-order valence-electron chi connectivity index (χ3n) is 6.43. The number of aliphatic hydroxyl groups excluding tert-OH is 1. The van der Waals surface area contributed by atoms with Crippen LogP contribution in [0, 0.1) is 17.8 Å². The van der Waals surface area contributed by atoms with Crippen LogP contribution in [-0.4, -0.2) is 61.5 Å². The normalized spacial score (nSPS) is 26.5. The lowest BCUT2D eigenvalue weighted by molar-refractivity contribution is -0.0740. The highest BCUT2D eigenvalue weighted by Crippen LogP contribution is 2.35. The molecule has 2 aliphatic rings. The van der Waals surface area contributed by atoms with Crippen molar-refractivity contribution in [1.82, 2.24) is 4.90 Å². The Balaban J connectivity index is 0.00000210.